The van der Waals surface area contributed by atoms with Crippen LogP contribution in [0.4, 0.5) is 0 Å². The van der Waals surface area contributed by atoms with E-state index in [1.165, 1.54) is 0 Å². The predicted molar refractivity (Wildman–Crippen MR) is 77.4 cm³/mol. The molecule has 0 N–H and O–H groups in total. The summed E-state index contributed by atoms with van der Waals surface area (Å²) in [6, 6.07) is 0. The third-order valence-electron chi connectivity index (χ3n) is 2.41. The molecule has 2 heterocycles. The number of ether oxygens (including phenoxy) is 1. The molecule has 0 aliphatic carbocycles. The average molecular weight is 379 g/mol. The first-order valence-electron chi connectivity index (χ1n) is 5.24. The number of aryl methyl sites for hydroxylation is 2. The lowest BCUT2D eigenvalue weighted by molar-refractivity contribution is 0.181. The standard InChI is InChI=1S/C11H12ClIN4O/c1-6-7(4-17(2)16-6)11-14-8(5-18-3)9(13)10(12)15-11/h4H,5H2,1-3H3. The Morgan fingerprint density at radius 3 is 2.72 bits per heavy atom. The molecule has 0 saturated carbocycles. The first-order chi connectivity index (χ1) is 8.52. The molecular weight excluding hydrogens is 367 g/mol. The summed E-state index contributed by atoms with van der Waals surface area (Å²) in [6.07, 6.45) is 1.88. The molecule has 96 valence electrons. The van der Waals surface area contributed by atoms with Gasteiger partial charge >= 0.3 is 0 Å². The summed E-state index contributed by atoms with van der Waals surface area (Å²) in [5.74, 6) is 0.582. The van der Waals surface area contributed by atoms with Crippen molar-refractivity contribution in [3.8, 4) is 11.4 Å². The van der Waals surface area contributed by atoms with Gasteiger partial charge < -0.3 is 4.74 Å². The number of halogens is 2. The van der Waals surface area contributed by atoms with E-state index in [4.69, 9.17) is 16.3 Å². The summed E-state index contributed by atoms with van der Waals surface area (Å²) in [6.45, 7) is 2.33. The van der Waals surface area contributed by atoms with Gasteiger partial charge in [0.2, 0.25) is 0 Å². The summed E-state index contributed by atoms with van der Waals surface area (Å²) in [5, 5.41) is 4.72. The lowest BCUT2D eigenvalue weighted by atomic mass is 10.2. The minimum atomic E-state index is 0.410. The van der Waals surface area contributed by atoms with E-state index in [-0.39, 0.29) is 0 Å². The average Bonchev–Trinajstić information content (AvgIpc) is 2.64. The molecule has 0 spiro atoms. The van der Waals surface area contributed by atoms with Crippen molar-refractivity contribution >= 4 is 34.2 Å². The Hall–Kier alpha value is -0.730. The van der Waals surface area contributed by atoms with Crippen molar-refractivity contribution in [1.29, 1.82) is 0 Å². The second-order valence-corrected chi connectivity index (χ2v) is 5.27. The van der Waals surface area contributed by atoms with Crippen molar-refractivity contribution < 1.29 is 4.74 Å². The lowest BCUT2D eigenvalue weighted by Gasteiger charge is -2.06. The summed E-state index contributed by atoms with van der Waals surface area (Å²) in [7, 11) is 3.49. The normalized spacial score (nSPS) is 10.9. The zero-order valence-corrected chi connectivity index (χ0v) is 13.2. The van der Waals surface area contributed by atoms with Gasteiger partial charge in [-0.1, -0.05) is 11.6 Å². The molecule has 0 aromatic carbocycles. The molecule has 0 atom stereocenters. The van der Waals surface area contributed by atoms with Gasteiger partial charge in [-0.3, -0.25) is 4.68 Å². The molecule has 0 saturated heterocycles. The molecule has 2 rings (SSSR count). The van der Waals surface area contributed by atoms with Gasteiger partial charge in [-0.25, -0.2) is 9.97 Å². The van der Waals surface area contributed by atoms with E-state index < -0.39 is 0 Å². The fourth-order valence-corrected chi connectivity index (χ4v) is 2.22. The molecule has 18 heavy (non-hydrogen) atoms. The molecule has 0 unspecified atom stereocenters. The third kappa shape index (κ3) is 2.65. The van der Waals surface area contributed by atoms with E-state index >= 15 is 0 Å². The highest BCUT2D eigenvalue weighted by molar-refractivity contribution is 14.1. The molecule has 7 heteroatoms. The zero-order valence-electron chi connectivity index (χ0n) is 10.2. The molecular formula is C11H12ClIN4O. The van der Waals surface area contributed by atoms with Crippen molar-refractivity contribution in [2.45, 2.75) is 13.5 Å². The maximum Gasteiger partial charge on any atom is 0.164 e. The topological polar surface area (TPSA) is 52.8 Å². The van der Waals surface area contributed by atoms with Crippen LogP contribution in [0.3, 0.4) is 0 Å². The molecule has 0 fully saturated rings. The van der Waals surface area contributed by atoms with Gasteiger partial charge in [0.15, 0.2) is 5.82 Å². The largest absolute Gasteiger partial charge is 0.378 e. The van der Waals surface area contributed by atoms with E-state index in [2.05, 4.69) is 37.7 Å². The van der Waals surface area contributed by atoms with Crippen LogP contribution in [0.25, 0.3) is 11.4 Å². The van der Waals surface area contributed by atoms with Crippen LogP contribution >= 0.6 is 34.2 Å². The lowest BCUT2D eigenvalue weighted by Crippen LogP contribution is -2.02. The summed E-state index contributed by atoms with van der Waals surface area (Å²) in [5.41, 5.74) is 2.54. The van der Waals surface area contributed by atoms with Crippen molar-refractivity contribution in [3.63, 3.8) is 0 Å². The van der Waals surface area contributed by atoms with Crippen LogP contribution in [0.2, 0.25) is 5.15 Å². The number of hydrogen-bond acceptors (Lipinski definition) is 4. The Morgan fingerprint density at radius 2 is 2.17 bits per heavy atom. The quantitative estimate of drug-likeness (QED) is 0.608. The molecule has 2 aromatic rings. The zero-order chi connectivity index (χ0) is 13.3. The summed E-state index contributed by atoms with van der Waals surface area (Å²) >= 11 is 8.24. The number of nitrogens with zero attached hydrogens (tertiary/aromatic N) is 4. The summed E-state index contributed by atoms with van der Waals surface area (Å²) in [4.78, 5) is 8.78. The SMILES string of the molecule is COCc1nc(-c2cn(C)nc2C)nc(Cl)c1I. The highest BCUT2D eigenvalue weighted by atomic mass is 127. The van der Waals surface area contributed by atoms with Gasteiger partial charge in [0.1, 0.15) is 5.15 Å². The molecule has 0 radical (unpaired) electrons. The van der Waals surface area contributed by atoms with Crippen molar-refractivity contribution in [3.05, 3.63) is 26.3 Å². The van der Waals surface area contributed by atoms with Crippen LogP contribution in [-0.4, -0.2) is 26.9 Å². The molecule has 0 aliphatic rings. The minimum Gasteiger partial charge on any atom is -0.378 e. The number of methoxy groups -OCH3 is 1. The van der Waals surface area contributed by atoms with E-state index in [0.29, 0.717) is 17.6 Å². The Balaban J connectivity index is 2.55. The van der Waals surface area contributed by atoms with E-state index in [1.807, 2.05) is 20.2 Å². The van der Waals surface area contributed by atoms with E-state index in [0.717, 1.165) is 20.5 Å². The smallest absolute Gasteiger partial charge is 0.164 e. The fraction of sp³-hybridized carbons (Fsp3) is 0.364. The number of hydrogen-bond donors (Lipinski definition) is 0. The second-order valence-electron chi connectivity index (χ2n) is 3.83. The van der Waals surface area contributed by atoms with Gasteiger partial charge in [0.25, 0.3) is 0 Å². The molecule has 0 bridgehead atoms. The minimum absolute atomic E-state index is 0.410. The van der Waals surface area contributed by atoms with Gasteiger partial charge in [-0.05, 0) is 29.5 Å². The number of aromatic nitrogens is 4. The van der Waals surface area contributed by atoms with Crippen LogP contribution < -0.4 is 0 Å². The van der Waals surface area contributed by atoms with Gasteiger partial charge in [-0.15, -0.1) is 0 Å². The van der Waals surface area contributed by atoms with Crippen molar-refractivity contribution in [2.75, 3.05) is 7.11 Å². The Bertz CT molecular complexity index is 585. The van der Waals surface area contributed by atoms with Crippen LogP contribution in [0, 0.1) is 10.5 Å². The first kappa shape index (κ1) is 13.7. The Labute approximate surface area is 124 Å². The van der Waals surface area contributed by atoms with Crippen LogP contribution in [0.1, 0.15) is 11.4 Å². The van der Waals surface area contributed by atoms with Gasteiger partial charge in [0.05, 0.1) is 27.1 Å². The molecule has 0 aliphatic heterocycles. The van der Waals surface area contributed by atoms with Crippen molar-refractivity contribution in [1.82, 2.24) is 19.7 Å². The maximum atomic E-state index is 6.12. The van der Waals surface area contributed by atoms with Crippen molar-refractivity contribution in [2.24, 2.45) is 7.05 Å². The first-order valence-corrected chi connectivity index (χ1v) is 6.70. The fourth-order valence-electron chi connectivity index (χ4n) is 1.63. The van der Waals surface area contributed by atoms with Crippen LogP contribution in [0.15, 0.2) is 6.20 Å². The van der Waals surface area contributed by atoms with Crippen LogP contribution in [-0.2, 0) is 18.4 Å². The predicted octanol–water partition coefficient (Wildman–Crippen LogP) is 2.59. The van der Waals surface area contributed by atoms with E-state index in [9.17, 15) is 0 Å². The van der Waals surface area contributed by atoms with E-state index in [1.54, 1.807) is 11.8 Å². The highest BCUT2D eigenvalue weighted by Crippen LogP contribution is 2.25. The van der Waals surface area contributed by atoms with Gasteiger partial charge in [0, 0.05) is 20.4 Å². The Kier molecular flexibility index (Phi) is 4.18. The summed E-state index contributed by atoms with van der Waals surface area (Å²) < 4.78 is 7.67. The molecule has 5 nitrogen and oxygen atoms in total. The monoisotopic (exact) mass is 378 g/mol. The van der Waals surface area contributed by atoms with Crippen LogP contribution in [0.5, 0.6) is 0 Å². The highest BCUT2D eigenvalue weighted by Gasteiger charge is 2.15. The molecule has 2 aromatic heterocycles. The Morgan fingerprint density at radius 1 is 1.44 bits per heavy atom. The third-order valence-corrected chi connectivity index (χ3v) is 4.14. The second kappa shape index (κ2) is 5.50. The molecule has 0 amide bonds. The number of rotatable bonds is 3. The maximum absolute atomic E-state index is 6.12. The van der Waals surface area contributed by atoms with Gasteiger partial charge in [-0.2, -0.15) is 5.10 Å².